The van der Waals surface area contributed by atoms with Crippen LogP contribution in [0.4, 0.5) is 42.9 Å². The lowest BCUT2D eigenvalue weighted by Crippen LogP contribution is -2.30. The zero-order chi connectivity index (χ0) is 51.1. The minimum absolute atomic E-state index is 0.00690. The van der Waals surface area contributed by atoms with Crippen LogP contribution in [-0.4, -0.2) is 154 Å². The molecule has 6 rings (SSSR count). The molecule has 0 bridgehead atoms. The number of amides is 2. The fraction of sp³-hybridized carbons (Fsp3) is 0.333. The van der Waals surface area contributed by atoms with Crippen molar-refractivity contribution in [1.29, 1.82) is 0 Å². The number of carboxylic acids is 1. The molecule has 364 valence electrons. The molecule has 4 aromatic rings. The van der Waals surface area contributed by atoms with Gasteiger partial charge >= 0.3 is 11.9 Å². The van der Waals surface area contributed by atoms with E-state index < -0.39 is 60.8 Å². The van der Waals surface area contributed by atoms with Gasteiger partial charge in [-0.1, -0.05) is 24.3 Å². The van der Waals surface area contributed by atoms with Crippen LogP contribution in [0.15, 0.2) is 72.8 Å². The zero-order valence-electron chi connectivity index (χ0n) is 38.0. The number of hydrogen-bond acceptors (Lipinski definition) is 17. The number of carbonyl (C=O) groups excluding carboxylic acids is 3. The molecule has 0 spiro atoms. The highest BCUT2D eigenvalue weighted by Gasteiger charge is 2.31. The van der Waals surface area contributed by atoms with Gasteiger partial charge in [0.15, 0.2) is 11.1 Å². The molecule has 0 fully saturated rings. The van der Waals surface area contributed by atoms with E-state index in [2.05, 4.69) is 20.3 Å². The Morgan fingerprint density at radius 2 is 1.00 bits per heavy atom. The number of aliphatic hydroxyl groups is 1. The third-order valence-corrected chi connectivity index (χ3v) is 9.38. The molecule has 67 heavy (non-hydrogen) atoms. The van der Waals surface area contributed by atoms with Crippen LogP contribution in [0.5, 0.6) is 0 Å². The summed E-state index contributed by atoms with van der Waals surface area (Å²) in [4.78, 5) is 82.0. The van der Waals surface area contributed by atoms with E-state index in [1.807, 2.05) is 45.2 Å². The Kier molecular flexibility index (Phi) is 24.0. The quantitative estimate of drug-likeness (QED) is 0.0550. The molecule has 0 aromatic heterocycles. The van der Waals surface area contributed by atoms with E-state index in [1.54, 1.807) is 37.2 Å². The highest BCUT2D eigenvalue weighted by atomic mass is 19.1. The Labute approximate surface area is 383 Å². The number of rotatable bonds is 8. The average Bonchev–Trinajstić information content (AvgIpc) is 3.49. The van der Waals surface area contributed by atoms with Crippen molar-refractivity contribution in [2.45, 2.75) is 0 Å². The van der Waals surface area contributed by atoms with E-state index >= 15 is 0 Å². The van der Waals surface area contributed by atoms with Crippen LogP contribution in [0.25, 0.3) is 0 Å². The van der Waals surface area contributed by atoms with Gasteiger partial charge in [0.1, 0.15) is 17.2 Å². The minimum atomic E-state index is -1.65. The summed E-state index contributed by atoms with van der Waals surface area (Å²) in [5.74, 6) is -5.07. The Balaban J connectivity index is 0.000000425. The standard InChI is InChI=1S/C11H13N3O3.C11H15N3O.C8H6FNO4.C7H4FNO4.C4H12N2.CH4O/c1-12-6-7-13(2)11(15)10-8(12)4-3-5-9(10)14(16)17;1-13-6-7-14(2)11(15)10-8(12)4-3-5-9(10)13;1-14-8(11)7-5(9)3-2-4-6(7)10(12)13;8-4-2-1-3-5(9(12)13)6(4)7(10)11;1-5-3-4-6-2;1-2/h3-5H,6-7H2,1-2H3;3-5H,6-7,12H2,1-2H3;2-4H,1H3;1-3H,(H,10,11);5-6H,3-4H2,1-2H3;2H,1H3. The summed E-state index contributed by atoms with van der Waals surface area (Å²) in [5, 5.41) is 53.1. The number of ether oxygens (including phenoxy) is 1. The maximum absolute atomic E-state index is 13.0. The Hall–Kier alpha value is -7.90. The average molecular weight is 945 g/mol. The topological polar surface area (TPSA) is 310 Å². The molecule has 2 aliphatic rings. The van der Waals surface area contributed by atoms with Crippen molar-refractivity contribution in [3.05, 3.63) is 137 Å². The van der Waals surface area contributed by atoms with E-state index in [1.165, 1.54) is 11.0 Å². The van der Waals surface area contributed by atoms with Crippen LogP contribution in [0.2, 0.25) is 0 Å². The number of nitrogen functional groups attached to an aromatic ring is 1. The van der Waals surface area contributed by atoms with Gasteiger partial charge in [0.05, 0.1) is 38.8 Å². The smallest absolute Gasteiger partial charge is 0.347 e. The number of anilines is 3. The summed E-state index contributed by atoms with van der Waals surface area (Å²) < 4.78 is 30.0. The molecule has 2 aliphatic heterocycles. The first kappa shape index (κ1) is 57.1. The van der Waals surface area contributed by atoms with Gasteiger partial charge in [0.2, 0.25) is 0 Å². The van der Waals surface area contributed by atoms with Crippen molar-refractivity contribution < 1.29 is 57.7 Å². The normalized spacial score (nSPS) is 12.3. The highest BCUT2D eigenvalue weighted by molar-refractivity contribution is 6.05. The number of nitrogens with two attached hydrogens (primary N) is 1. The molecule has 0 unspecified atom stereocenters. The van der Waals surface area contributed by atoms with Gasteiger partial charge in [-0.3, -0.25) is 39.9 Å². The van der Waals surface area contributed by atoms with Gasteiger partial charge in [-0.15, -0.1) is 0 Å². The number of fused-ring (bicyclic) bond motifs is 2. The summed E-state index contributed by atoms with van der Waals surface area (Å²) in [5.41, 5.74) is 5.71. The molecule has 0 aliphatic carbocycles. The number of hydrogen-bond donors (Lipinski definition) is 5. The van der Waals surface area contributed by atoms with Crippen molar-refractivity contribution in [3.8, 4) is 0 Å². The second kappa shape index (κ2) is 28.1. The van der Waals surface area contributed by atoms with Crippen LogP contribution in [0.3, 0.4) is 0 Å². The van der Waals surface area contributed by atoms with Crippen molar-refractivity contribution in [1.82, 2.24) is 20.4 Å². The predicted molar refractivity (Wildman–Crippen MR) is 245 cm³/mol. The first-order chi connectivity index (χ1) is 31.7. The maximum Gasteiger partial charge on any atom is 0.347 e. The van der Waals surface area contributed by atoms with E-state index in [4.69, 9.17) is 15.9 Å². The fourth-order valence-corrected chi connectivity index (χ4v) is 5.85. The SMILES string of the molecule is CN1CCN(C)c2cccc(N)c2C1=O.CN1CCN(C)c2cccc([N+](=O)[O-])c2C1=O.CNCCNC.CO.COC(=O)c1c(F)cccc1[N+](=O)[O-].O=C(O)c1c(F)cccc1[N+](=O)[O-]. The van der Waals surface area contributed by atoms with Gasteiger partial charge in [0, 0.05) is 98.5 Å². The number of carboxylic acid groups (broad SMARTS) is 1. The summed E-state index contributed by atoms with van der Waals surface area (Å²) in [6.45, 7) is 4.88. The zero-order valence-corrected chi connectivity index (χ0v) is 38.0. The first-order valence-electron chi connectivity index (χ1n) is 19.7. The molecule has 0 atom stereocenters. The second-order valence-electron chi connectivity index (χ2n) is 13.8. The number of nitro benzene ring substituents is 3. The molecule has 6 N–H and O–H groups in total. The molecular formula is C42H54F2N10O13. The van der Waals surface area contributed by atoms with Crippen molar-refractivity contribution in [3.63, 3.8) is 0 Å². The molecule has 23 nitrogen and oxygen atoms in total. The summed E-state index contributed by atoms with van der Waals surface area (Å²) in [6.07, 6.45) is 0. The van der Waals surface area contributed by atoms with Crippen LogP contribution >= 0.6 is 0 Å². The molecular weight excluding hydrogens is 891 g/mol. The van der Waals surface area contributed by atoms with Crippen molar-refractivity contribution in [2.75, 3.05) is 111 Å². The Morgan fingerprint density at radius 3 is 1.40 bits per heavy atom. The number of nitrogens with one attached hydrogen (secondary N) is 2. The number of aromatic carboxylic acids is 1. The van der Waals surface area contributed by atoms with Gasteiger partial charge in [-0.2, -0.15) is 0 Å². The Morgan fingerprint density at radius 1 is 0.642 bits per heavy atom. The second-order valence-corrected chi connectivity index (χ2v) is 13.8. The number of halogens is 2. The molecule has 2 heterocycles. The number of aliphatic hydroxyl groups excluding tert-OH is 1. The van der Waals surface area contributed by atoms with Crippen LogP contribution in [0, 0.1) is 42.0 Å². The van der Waals surface area contributed by atoms with E-state index in [-0.39, 0.29) is 23.1 Å². The summed E-state index contributed by atoms with van der Waals surface area (Å²) in [7, 11) is 13.2. The lowest BCUT2D eigenvalue weighted by molar-refractivity contribution is -0.385. The summed E-state index contributed by atoms with van der Waals surface area (Å²) >= 11 is 0. The highest BCUT2D eigenvalue weighted by Crippen LogP contribution is 2.32. The third-order valence-electron chi connectivity index (χ3n) is 9.38. The molecule has 0 radical (unpaired) electrons. The van der Waals surface area contributed by atoms with Gasteiger partial charge < -0.3 is 50.9 Å². The number of methoxy groups -OCH3 is 1. The maximum atomic E-state index is 13.0. The van der Waals surface area contributed by atoms with E-state index in [9.17, 15) is 58.3 Å². The third kappa shape index (κ3) is 15.9. The van der Waals surface area contributed by atoms with Crippen LogP contribution < -0.4 is 26.2 Å². The number of nitrogens with zero attached hydrogens (tertiary/aromatic N) is 7. The molecule has 2 amide bonds. The molecule has 4 aromatic carbocycles. The number of nitro groups is 3. The number of likely N-dealkylation sites (N-methyl/N-ethyl adjacent to an activating group) is 6. The Bertz CT molecular complexity index is 2370. The molecule has 0 saturated carbocycles. The van der Waals surface area contributed by atoms with Gasteiger partial charge in [-0.05, 0) is 44.4 Å². The van der Waals surface area contributed by atoms with Crippen LogP contribution in [0.1, 0.15) is 41.4 Å². The number of esters is 1. The number of benzene rings is 4. The number of carbonyl (C=O) groups is 4. The van der Waals surface area contributed by atoms with Crippen molar-refractivity contribution in [2.24, 2.45) is 0 Å². The first-order valence-corrected chi connectivity index (χ1v) is 19.7. The largest absolute Gasteiger partial charge is 0.477 e. The van der Waals surface area contributed by atoms with E-state index in [0.717, 1.165) is 82.5 Å². The lowest BCUT2D eigenvalue weighted by Gasteiger charge is -2.18. The van der Waals surface area contributed by atoms with Gasteiger partial charge in [0.25, 0.3) is 28.9 Å². The molecule has 0 saturated heterocycles. The summed E-state index contributed by atoms with van der Waals surface area (Å²) in [6, 6.07) is 16.3. The monoisotopic (exact) mass is 944 g/mol. The predicted octanol–water partition coefficient (Wildman–Crippen LogP) is 3.89. The van der Waals surface area contributed by atoms with E-state index in [0.29, 0.717) is 30.0 Å². The lowest BCUT2D eigenvalue weighted by atomic mass is 10.1. The van der Waals surface area contributed by atoms with Crippen LogP contribution in [-0.2, 0) is 4.74 Å². The van der Waals surface area contributed by atoms with Gasteiger partial charge in [-0.25, -0.2) is 18.4 Å². The van der Waals surface area contributed by atoms with Crippen molar-refractivity contribution >= 4 is 57.9 Å². The minimum Gasteiger partial charge on any atom is -0.477 e. The fourth-order valence-electron chi connectivity index (χ4n) is 5.85. The molecule has 25 heteroatoms.